The second kappa shape index (κ2) is 10.4. The number of aromatic nitrogens is 3. The van der Waals surface area contributed by atoms with E-state index in [1.54, 1.807) is 0 Å². The van der Waals surface area contributed by atoms with Crippen LogP contribution in [0, 0.1) is 31.1 Å². The number of carbonyl (C=O) groups is 1. The fourth-order valence-electron chi connectivity index (χ4n) is 3.98. The number of fused-ring (bicyclic) bond motifs is 1. The highest BCUT2D eigenvalue weighted by Crippen LogP contribution is 2.39. The standard InChI is InChI=1S/C24H26ClN5O2S2/c1-13-5-6-17-18(10-26)23(34-19(17)7-13)27-21(31)12-33-24-29-28-20(30(24)4)11-32-16-8-14(2)22(25)15(3)9-16/h8-9,13H,5-7,11-12H2,1-4H3,(H,27,31). The Morgan fingerprint density at radius 2 is 2.12 bits per heavy atom. The number of rotatable bonds is 7. The molecule has 1 unspecified atom stereocenters. The Kier molecular flexibility index (Phi) is 7.51. The molecule has 0 spiro atoms. The summed E-state index contributed by atoms with van der Waals surface area (Å²) in [5, 5.41) is 23.0. The minimum atomic E-state index is -0.166. The van der Waals surface area contributed by atoms with E-state index < -0.39 is 0 Å². The van der Waals surface area contributed by atoms with Crippen LogP contribution in [0.5, 0.6) is 5.75 Å². The first-order valence-electron chi connectivity index (χ1n) is 11.0. The summed E-state index contributed by atoms with van der Waals surface area (Å²) in [5.74, 6) is 1.99. The summed E-state index contributed by atoms with van der Waals surface area (Å²) < 4.78 is 7.70. The van der Waals surface area contributed by atoms with Gasteiger partial charge in [-0.1, -0.05) is 30.3 Å². The van der Waals surface area contributed by atoms with Crippen LogP contribution in [0.3, 0.4) is 0 Å². The molecule has 10 heteroatoms. The number of thioether (sulfide) groups is 1. The Bertz CT molecular complexity index is 1250. The third-order valence-corrected chi connectivity index (χ3v) is 8.70. The molecule has 0 bridgehead atoms. The van der Waals surface area contributed by atoms with Gasteiger partial charge in [-0.15, -0.1) is 21.5 Å². The molecule has 0 saturated carbocycles. The van der Waals surface area contributed by atoms with Crippen LogP contribution in [0.25, 0.3) is 0 Å². The number of carbonyl (C=O) groups excluding carboxylic acids is 1. The van der Waals surface area contributed by atoms with Gasteiger partial charge in [0, 0.05) is 16.9 Å². The predicted molar refractivity (Wildman–Crippen MR) is 136 cm³/mol. The Balaban J connectivity index is 1.35. The topological polar surface area (TPSA) is 92.8 Å². The Hall–Kier alpha value is -2.54. The maximum atomic E-state index is 12.6. The molecule has 2 heterocycles. The number of amides is 1. The molecule has 1 aliphatic rings. The molecule has 1 N–H and O–H groups in total. The molecule has 0 radical (unpaired) electrons. The first-order valence-corrected chi connectivity index (χ1v) is 13.2. The van der Waals surface area contributed by atoms with E-state index in [2.05, 4.69) is 28.5 Å². The monoisotopic (exact) mass is 515 g/mol. The van der Waals surface area contributed by atoms with E-state index in [-0.39, 0.29) is 18.3 Å². The van der Waals surface area contributed by atoms with Gasteiger partial charge in [0.1, 0.15) is 23.4 Å². The molecule has 1 atom stereocenters. The van der Waals surface area contributed by atoms with E-state index in [9.17, 15) is 10.1 Å². The molecule has 0 saturated heterocycles. The van der Waals surface area contributed by atoms with Crippen molar-refractivity contribution in [2.45, 2.75) is 51.8 Å². The van der Waals surface area contributed by atoms with Crippen LogP contribution in [0.1, 0.15) is 46.3 Å². The number of nitriles is 1. The summed E-state index contributed by atoms with van der Waals surface area (Å²) in [6.45, 7) is 6.36. The van der Waals surface area contributed by atoms with Crippen LogP contribution in [0.2, 0.25) is 5.02 Å². The fourth-order valence-corrected chi connectivity index (χ4v) is 6.20. The smallest absolute Gasteiger partial charge is 0.235 e. The van der Waals surface area contributed by atoms with Crippen molar-refractivity contribution in [3.05, 3.63) is 50.1 Å². The summed E-state index contributed by atoms with van der Waals surface area (Å²) in [7, 11) is 1.85. The molecule has 7 nitrogen and oxygen atoms in total. The van der Waals surface area contributed by atoms with Crippen molar-refractivity contribution in [1.82, 2.24) is 14.8 Å². The summed E-state index contributed by atoms with van der Waals surface area (Å²) in [4.78, 5) is 13.8. The van der Waals surface area contributed by atoms with E-state index in [0.717, 1.165) is 46.7 Å². The van der Waals surface area contributed by atoms with E-state index in [4.69, 9.17) is 16.3 Å². The third kappa shape index (κ3) is 5.24. The van der Waals surface area contributed by atoms with Crippen molar-refractivity contribution < 1.29 is 9.53 Å². The lowest BCUT2D eigenvalue weighted by Crippen LogP contribution is -2.14. The van der Waals surface area contributed by atoms with Crippen LogP contribution in [0.4, 0.5) is 5.00 Å². The summed E-state index contributed by atoms with van der Waals surface area (Å²) in [5.41, 5.74) is 3.64. The molecule has 0 aliphatic heterocycles. The van der Waals surface area contributed by atoms with Gasteiger partial charge in [-0.2, -0.15) is 5.26 Å². The quantitative estimate of drug-likeness (QED) is 0.420. The molecule has 0 fully saturated rings. The zero-order valence-corrected chi connectivity index (χ0v) is 22.0. The normalized spacial score (nSPS) is 15.0. The van der Waals surface area contributed by atoms with E-state index in [1.807, 2.05) is 37.6 Å². The van der Waals surface area contributed by atoms with Gasteiger partial charge in [-0.3, -0.25) is 4.79 Å². The van der Waals surface area contributed by atoms with E-state index in [0.29, 0.717) is 27.5 Å². The highest BCUT2D eigenvalue weighted by Gasteiger charge is 2.24. The lowest BCUT2D eigenvalue weighted by molar-refractivity contribution is -0.113. The number of anilines is 1. The van der Waals surface area contributed by atoms with Gasteiger partial charge in [0.15, 0.2) is 11.0 Å². The summed E-state index contributed by atoms with van der Waals surface area (Å²) >= 11 is 9.05. The highest BCUT2D eigenvalue weighted by molar-refractivity contribution is 7.99. The largest absolute Gasteiger partial charge is 0.486 e. The van der Waals surface area contributed by atoms with Crippen molar-refractivity contribution in [3.8, 4) is 11.8 Å². The minimum Gasteiger partial charge on any atom is -0.486 e. The summed E-state index contributed by atoms with van der Waals surface area (Å²) in [6.07, 6.45) is 2.95. The van der Waals surface area contributed by atoms with Gasteiger partial charge in [-0.05, 0) is 67.9 Å². The van der Waals surface area contributed by atoms with Crippen LogP contribution in [-0.4, -0.2) is 26.4 Å². The lowest BCUT2D eigenvalue weighted by atomic mass is 9.89. The third-order valence-electron chi connectivity index (χ3n) is 5.91. The molecule has 1 amide bonds. The first kappa shape index (κ1) is 24.6. The number of hydrogen-bond donors (Lipinski definition) is 1. The molecule has 4 rings (SSSR count). The van der Waals surface area contributed by atoms with Gasteiger partial charge in [0.05, 0.1) is 11.3 Å². The molecule has 2 aromatic heterocycles. The van der Waals surface area contributed by atoms with Crippen molar-refractivity contribution in [1.29, 1.82) is 5.26 Å². The van der Waals surface area contributed by atoms with Crippen molar-refractivity contribution in [3.63, 3.8) is 0 Å². The second-order valence-corrected chi connectivity index (χ2v) is 11.0. The Morgan fingerprint density at radius 3 is 2.82 bits per heavy atom. The van der Waals surface area contributed by atoms with Gasteiger partial charge < -0.3 is 14.6 Å². The highest BCUT2D eigenvalue weighted by atomic mass is 35.5. The maximum absolute atomic E-state index is 12.6. The van der Waals surface area contributed by atoms with Crippen molar-refractivity contribution in [2.24, 2.45) is 13.0 Å². The predicted octanol–water partition coefficient (Wildman–Crippen LogP) is 5.45. The second-order valence-electron chi connectivity index (χ2n) is 8.62. The fraction of sp³-hybridized carbons (Fsp3) is 0.417. The van der Waals surface area contributed by atoms with E-state index in [1.165, 1.54) is 28.0 Å². The minimum absolute atomic E-state index is 0.166. The number of nitrogens with one attached hydrogen (secondary N) is 1. The molecule has 178 valence electrons. The molecule has 1 aliphatic carbocycles. The molecule has 34 heavy (non-hydrogen) atoms. The van der Waals surface area contributed by atoms with Crippen molar-refractivity contribution >= 4 is 45.6 Å². The molecule has 1 aromatic carbocycles. The number of aryl methyl sites for hydroxylation is 2. The SMILES string of the molecule is Cc1cc(OCc2nnc(SCC(=O)Nc3sc4c(c3C#N)CCC(C)C4)n2C)cc(C)c1Cl. The van der Waals surface area contributed by atoms with Crippen LogP contribution >= 0.6 is 34.7 Å². The number of benzene rings is 1. The number of halogens is 1. The molecular formula is C24H26ClN5O2S2. The van der Waals surface area contributed by atoms with Gasteiger partial charge in [0.25, 0.3) is 0 Å². The maximum Gasteiger partial charge on any atom is 0.235 e. The van der Waals surface area contributed by atoms with Crippen LogP contribution < -0.4 is 10.1 Å². The molecule has 3 aromatic rings. The number of hydrogen-bond acceptors (Lipinski definition) is 7. The average Bonchev–Trinajstić information content (AvgIpc) is 3.32. The van der Waals surface area contributed by atoms with Crippen LogP contribution in [-0.2, 0) is 31.3 Å². The summed E-state index contributed by atoms with van der Waals surface area (Å²) in [6, 6.07) is 6.08. The number of thiophene rings is 1. The average molecular weight is 516 g/mol. The first-order chi connectivity index (χ1) is 16.3. The van der Waals surface area contributed by atoms with Gasteiger partial charge in [0.2, 0.25) is 5.91 Å². The zero-order chi connectivity index (χ0) is 24.4. The van der Waals surface area contributed by atoms with Gasteiger partial charge >= 0.3 is 0 Å². The van der Waals surface area contributed by atoms with E-state index >= 15 is 0 Å². The molecular weight excluding hydrogens is 490 g/mol. The van der Waals surface area contributed by atoms with Gasteiger partial charge in [-0.25, -0.2) is 0 Å². The van der Waals surface area contributed by atoms with Crippen molar-refractivity contribution in [2.75, 3.05) is 11.1 Å². The number of nitrogens with zero attached hydrogens (tertiary/aromatic N) is 4. The number of ether oxygens (including phenoxy) is 1. The van der Waals surface area contributed by atoms with Crippen LogP contribution in [0.15, 0.2) is 17.3 Å². The Labute approximate surface area is 212 Å². The Morgan fingerprint density at radius 1 is 1.38 bits per heavy atom. The lowest BCUT2D eigenvalue weighted by Gasteiger charge is -2.17. The zero-order valence-electron chi connectivity index (χ0n) is 19.6.